The van der Waals surface area contributed by atoms with E-state index >= 15 is 0 Å². The summed E-state index contributed by atoms with van der Waals surface area (Å²) >= 11 is 0. The first-order chi connectivity index (χ1) is 14.5. The van der Waals surface area contributed by atoms with Crippen LogP contribution in [-0.4, -0.2) is 53.2 Å². The Labute approximate surface area is 190 Å². The van der Waals surface area contributed by atoms with E-state index in [9.17, 15) is 9.90 Å². The van der Waals surface area contributed by atoms with Gasteiger partial charge >= 0.3 is 0 Å². The van der Waals surface area contributed by atoms with Crippen molar-refractivity contribution in [1.29, 1.82) is 0 Å². The van der Waals surface area contributed by atoms with Crippen LogP contribution in [0.2, 0.25) is 0 Å². The van der Waals surface area contributed by atoms with E-state index in [1.54, 1.807) is 6.07 Å². The number of Topliss-reactive ketones (excluding diaryl/α,β-unsaturated/α-hetero) is 1. The van der Waals surface area contributed by atoms with E-state index in [2.05, 4.69) is 24.8 Å². The quantitative estimate of drug-likeness (QED) is 0.713. The van der Waals surface area contributed by atoms with Gasteiger partial charge in [-0.3, -0.25) is 9.69 Å². The zero-order valence-electron chi connectivity index (χ0n) is 18.6. The maximum atomic E-state index is 13.1. The van der Waals surface area contributed by atoms with Gasteiger partial charge in [-0.2, -0.15) is 0 Å². The van der Waals surface area contributed by atoms with Gasteiger partial charge in [0.15, 0.2) is 23.4 Å². The first-order valence-electron chi connectivity index (χ1n) is 11.9. The second-order valence-corrected chi connectivity index (χ2v) is 10.7. The van der Waals surface area contributed by atoms with Crippen molar-refractivity contribution in [3.8, 4) is 11.5 Å². The SMILES string of the molecule is CC(C)CCO[C@@]12CCC(=O)[C@@H]3Oc4c(O)ccc5c4[C@@]31CCN(CC1CC1)[C@@H]2C5.Cl. The molecular formula is C25H34ClNO4. The lowest BCUT2D eigenvalue weighted by Crippen LogP contribution is -2.77. The maximum absolute atomic E-state index is 13.1. The summed E-state index contributed by atoms with van der Waals surface area (Å²) in [7, 11) is 0. The monoisotopic (exact) mass is 447 g/mol. The first kappa shape index (κ1) is 21.5. The molecule has 1 aromatic carbocycles. The van der Waals surface area contributed by atoms with Gasteiger partial charge in [-0.25, -0.2) is 0 Å². The molecule has 0 amide bonds. The van der Waals surface area contributed by atoms with Crippen molar-refractivity contribution in [2.45, 2.75) is 82.0 Å². The van der Waals surface area contributed by atoms with Crippen LogP contribution in [0, 0.1) is 11.8 Å². The van der Waals surface area contributed by atoms with Crippen molar-refractivity contribution in [3.63, 3.8) is 0 Å². The molecular weight excluding hydrogens is 414 g/mol. The summed E-state index contributed by atoms with van der Waals surface area (Å²) < 4.78 is 13.3. The molecule has 5 nitrogen and oxygen atoms in total. The Hall–Kier alpha value is -1.30. The van der Waals surface area contributed by atoms with Gasteiger partial charge < -0.3 is 14.6 Å². The van der Waals surface area contributed by atoms with Gasteiger partial charge in [0.05, 0.1) is 11.0 Å². The smallest absolute Gasteiger partial charge is 0.174 e. The Morgan fingerprint density at radius 1 is 1.29 bits per heavy atom. The highest BCUT2D eigenvalue weighted by Crippen LogP contribution is 2.66. The number of phenols is 1. The Morgan fingerprint density at radius 3 is 2.84 bits per heavy atom. The molecule has 1 N–H and O–H groups in total. The average molecular weight is 448 g/mol. The molecule has 2 heterocycles. The van der Waals surface area contributed by atoms with E-state index in [1.807, 2.05) is 0 Å². The predicted octanol–water partition coefficient (Wildman–Crippen LogP) is 4.02. The van der Waals surface area contributed by atoms with Crippen molar-refractivity contribution in [3.05, 3.63) is 23.3 Å². The number of hydrogen-bond donors (Lipinski definition) is 1. The third-order valence-corrected chi connectivity index (χ3v) is 8.57. The fraction of sp³-hybridized carbons (Fsp3) is 0.720. The number of phenolic OH excluding ortho intramolecular Hbond substituents is 1. The highest BCUT2D eigenvalue weighted by molar-refractivity contribution is 5.90. The second kappa shape index (κ2) is 7.36. The van der Waals surface area contributed by atoms with Gasteiger partial charge in [0, 0.05) is 31.2 Å². The lowest BCUT2D eigenvalue weighted by atomic mass is 9.48. The first-order valence-corrected chi connectivity index (χ1v) is 11.9. The zero-order valence-corrected chi connectivity index (χ0v) is 19.4. The second-order valence-electron chi connectivity index (χ2n) is 10.7. The standard InChI is InChI=1S/C25H33NO4.ClH/c1-15(2)8-12-29-25-9-7-19(28)23-24(25)10-11-26(14-16-3-4-16)20(25)13-17-5-6-18(27)22(30-23)21(17)24;/h5-6,15-16,20,23,27H,3-4,7-14H2,1-2H3;1H/t20-,23+,24+,25-;/m1./s1. The largest absolute Gasteiger partial charge is 0.504 e. The van der Waals surface area contributed by atoms with Gasteiger partial charge in [0.25, 0.3) is 0 Å². The Kier molecular flexibility index (Phi) is 5.11. The molecule has 3 aliphatic carbocycles. The summed E-state index contributed by atoms with van der Waals surface area (Å²) in [5.41, 5.74) is 1.48. The molecule has 0 radical (unpaired) electrons. The molecule has 1 spiro atoms. The van der Waals surface area contributed by atoms with Crippen LogP contribution in [0.4, 0.5) is 0 Å². The number of piperidine rings is 1. The maximum Gasteiger partial charge on any atom is 0.174 e. The van der Waals surface area contributed by atoms with E-state index in [-0.39, 0.29) is 30.0 Å². The average Bonchev–Trinajstić information content (AvgIpc) is 3.45. The Balaban J connectivity index is 0.00000204. The van der Waals surface area contributed by atoms with E-state index in [0.29, 0.717) is 18.1 Å². The number of halogens is 1. The number of ether oxygens (including phenoxy) is 2. The van der Waals surface area contributed by atoms with Crippen LogP contribution in [0.5, 0.6) is 11.5 Å². The van der Waals surface area contributed by atoms with Crippen molar-refractivity contribution < 1.29 is 19.4 Å². The third kappa shape index (κ3) is 2.85. The molecule has 6 heteroatoms. The number of benzene rings is 1. The van der Waals surface area contributed by atoms with Crippen LogP contribution in [0.1, 0.15) is 63.5 Å². The lowest BCUT2D eigenvalue weighted by Gasteiger charge is -2.64. The molecule has 0 unspecified atom stereocenters. The van der Waals surface area contributed by atoms with E-state index < -0.39 is 17.1 Å². The number of likely N-dealkylation sites (tertiary alicyclic amines) is 1. The van der Waals surface area contributed by atoms with Gasteiger partial charge in [0.1, 0.15) is 0 Å². The van der Waals surface area contributed by atoms with Crippen LogP contribution in [0.15, 0.2) is 12.1 Å². The van der Waals surface area contributed by atoms with Crippen LogP contribution < -0.4 is 4.74 Å². The number of rotatable bonds is 6. The van der Waals surface area contributed by atoms with E-state index in [4.69, 9.17) is 9.47 Å². The van der Waals surface area contributed by atoms with E-state index in [0.717, 1.165) is 56.9 Å². The fourth-order valence-electron chi connectivity index (χ4n) is 7.01. The van der Waals surface area contributed by atoms with Crippen LogP contribution in [0.25, 0.3) is 0 Å². The van der Waals surface area contributed by atoms with Gasteiger partial charge in [-0.1, -0.05) is 19.9 Å². The van der Waals surface area contributed by atoms with Gasteiger partial charge in [0.2, 0.25) is 0 Å². The molecule has 4 atom stereocenters. The minimum atomic E-state index is -0.516. The molecule has 2 aliphatic heterocycles. The highest BCUT2D eigenvalue weighted by Gasteiger charge is 2.74. The number of hydrogen-bond acceptors (Lipinski definition) is 5. The topological polar surface area (TPSA) is 59.0 Å². The number of nitrogens with zero attached hydrogens (tertiary/aromatic N) is 1. The molecule has 5 aliphatic rings. The molecule has 31 heavy (non-hydrogen) atoms. The van der Waals surface area contributed by atoms with Crippen LogP contribution in [-0.2, 0) is 21.4 Å². The van der Waals surface area contributed by atoms with E-state index in [1.165, 1.54) is 18.4 Å². The summed E-state index contributed by atoms with van der Waals surface area (Å²) in [6, 6.07) is 4.09. The van der Waals surface area contributed by atoms with Crippen molar-refractivity contribution in [2.75, 3.05) is 19.7 Å². The highest BCUT2D eigenvalue weighted by atomic mass is 35.5. The summed E-state index contributed by atoms with van der Waals surface area (Å²) in [5, 5.41) is 10.6. The number of aromatic hydroxyl groups is 1. The molecule has 170 valence electrons. The molecule has 2 bridgehead atoms. The van der Waals surface area contributed by atoms with Crippen LogP contribution >= 0.6 is 12.4 Å². The summed E-state index contributed by atoms with van der Waals surface area (Å²) in [6.07, 6.45) is 6.25. The molecule has 1 aromatic rings. The predicted molar refractivity (Wildman–Crippen MR) is 120 cm³/mol. The van der Waals surface area contributed by atoms with Crippen LogP contribution in [0.3, 0.4) is 0 Å². The number of carbonyl (C=O) groups excluding carboxylic acids is 1. The summed E-state index contributed by atoms with van der Waals surface area (Å²) in [6.45, 7) is 7.32. The minimum Gasteiger partial charge on any atom is -0.504 e. The molecule has 2 saturated carbocycles. The normalized spacial score (nSPS) is 35.5. The minimum absolute atomic E-state index is 0. The Bertz CT molecular complexity index is 900. The molecule has 6 rings (SSSR count). The molecule has 1 saturated heterocycles. The third-order valence-electron chi connectivity index (χ3n) is 8.57. The molecule has 3 fully saturated rings. The molecule has 0 aromatic heterocycles. The van der Waals surface area contributed by atoms with Gasteiger partial charge in [-0.05, 0) is 68.5 Å². The Morgan fingerprint density at radius 2 is 2.10 bits per heavy atom. The lowest BCUT2D eigenvalue weighted by molar-refractivity contribution is -0.214. The van der Waals surface area contributed by atoms with Crippen molar-refractivity contribution in [1.82, 2.24) is 4.90 Å². The zero-order chi connectivity index (χ0) is 20.7. The number of carbonyl (C=O) groups is 1. The van der Waals surface area contributed by atoms with Gasteiger partial charge in [-0.15, -0.1) is 12.4 Å². The van der Waals surface area contributed by atoms with Crippen molar-refractivity contribution >= 4 is 18.2 Å². The van der Waals surface area contributed by atoms with Crippen molar-refractivity contribution in [2.24, 2.45) is 11.8 Å². The summed E-state index contributed by atoms with van der Waals surface area (Å²) in [4.78, 5) is 15.8. The summed E-state index contributed by atoms with van der Waals surface area (Å²) in [5.74, 6) is 2.30. The fourth-order valence-corrected chi connectivity index (χ4v) is 7.01. The number of ketones is 1.